The maximum Gasteiger partial charge on any atom is 0.410 e. The zero-order chi connectivity index (χ0) is 19.3. The van der Waals surface area contributed by atoms with Crippen molar-refractivity contribution in [1.29, 1.82) is 0 Å². The lowest BCUT2D eigenvalue weighted by atomic mass is 9.95. The van der Waals surface area contributed by atoms with E-state index in [-0.39, 0.29) is 17.9 Å². The second kappa shape index (κ2) is 8.89. The van der Waals surface area contributed by atoms with Crippen molar-refractivity contribution in [3.63, 3.8) is 0 Å². The molecule has 0 spiro atoms. The van der Waals surface area contributed by atoms with Crippen molar-refractivity contribution in [3.8, 4) is 0 Å². The molecule has 0 aromatic heterocycles. The van der Waals surface area contributed by atoms with Gasteiger partial charge in [0.05, 0.1) is 0 Å². The molecule has 1 aliphatic heterocycles. The molecule has 2 amide bonds. The summed E-state index contributed by atoms with van der Waals surface area (Å²) < 4.78 is 6.45. The Morgan fingerprint density at radius 2 is 1.77 bits per heavy atom. The number of carbonyl (C=O) groups is 2. The fraction of sp³-hybridized carbons (Fsp3) is 0.600. The van der Waals surface area contributed by atoms with E-state index >= 15 is 0 Å². The van der Waals surface area contributed by atoms with Gasteiger partial charge in [-0.3, -0.25) is 4.79 Å². The predicted octanol–water partition coefficient (Wildman–Crippen LogP) is 4.44. The van der Waals surface area contributed by atoms with Crippen molar-refractivity contribution < 1.29 is 14.3 Å². The van der Waals surface area contributed by atoms with Crippen molar-refractivity contribution in [2.45, 2.75) is 52.7 Å². The highest BCUT2D eigenvalue weighted by atomic mass is 79.9. The van der Waals surface area contributed by atoms with E-state index in [1.54, 1.807) is 4.90 Å². The lowest BCUT2D eigenvalue weighted by Crippen LogP contribution is -2.45. The molecule has 0 saturated carbocycles. The van der Waals surface area contributed by atoms with E-state index < -0.39 is 5.60 Å². The first-order valence-electron chi connectivity index (χ1n) is 9.20. The van der Waals surface area contributed by atoms with Crippen LogP contribution in [0.1, 0.15) is 46.1 Å². The molecule has 0 unspecified atom stereocenters. The van der Waals surface area contributed by atoms with Gasteiger partial charge in [-0.15, -0.1) is 0 Å². The second-order valence-corrected chi connectivity index (χ2v) is 8.64. The fourth-order valence-electron chi connectivity index (χ4n) is 3.05. The summed E-state index contributed by atoms with van der Waals surface area (Å²) in [4.78, 5) is 28.6. The quantitative estimate of drug-likeness (QED) is 0.717. The molecule has 144 valence electrons. The van der Waals surface area contributed by atoms with Crippen molar-refractivity contribution in [2.75, 3.05) is 19.6 Å². The summed E-state index contributed by atoms with van der Waals surface area (Å²) in [6.45, 7) is 10.0. The molecule has 1 aromatic rings. The van der Waals surface area contributed by atoms with Crippen LogP contribution in [0.4, 0.5) is 4.79 Å². The van der Waals surface area contributed by atoms with E-state index in [1.807, 2.05) is 56.9 Å². The van der Waals surface area contributed by atoms with Crippen LogP contribution in [0, 0.1) is 5.92 Å². The van der Waals surface area contributed by atoms with E-state index in [0.717, 1.165) is 10.0 Å². The highest BCUT2D eigenvalue weighted by Crippen LogP contribution is 2.23. The minimum absolute atomic E-state index is 0.0240. The molecule has 1 aliphatic rings. The van der Waals surface area contributed by atoms with Gasteiger partial charge in [-0.2, -0.15) is 0 Å². The van der Waals surface area contributed by atoms with Crippen LogP contribution >= 0.6 is 15.9 Å². The third-order valence-corrected chi connectivity index (χ3v) is 5.00. The average molecular weight is 425 g/mol. The van der Waals surface area contributed by atoms with Gasteiger partial charge in [0.1, 0.15) is 5.60 Å². The van der Waals surface area contributed by atoms with Crippen LogP contribution in [0.3, 0.4) is 0 Å². The van der Waals surface area contributed by atoms with Crippen LogP contribution in [-0.4, -0.2) is 47.0 Å². The van der Waals surface area contributed by atoms with Crippen LogP contribution in [-0.2, 0) is 16.1 Å². The molecule has 5 nitrogen and oxygen atoms in total. The maximum atomic E-state index is 12.9. The lowest BCUT2D eigenvalue weighted by molar-refractivity contribution is -0.137. The topological polar surface area (TPSA) is 49.9 Å². The Hall–Kier alpha value is -1.56. The molecule has 1 heterocycles. The van der Waals surface area contributed by atoms with Crippen LogP contribution in [0.5, 0.6) is 0 Å². The van der Waals surface area contributed by atoms with Gasteiger partial charge in [0.25, 0.3) is 0 Å². The van der Waals surface area contributed by atoms with Gasteiger partial charge in [0, 0.05) is 36.6 Å². The third-order valence-electron chi connectivity index (χ3n) is 4.48. The maximum absolute atomic E-state index is 12.9. The summed E-state index contributed by atoms with van der Waals surface area (Å²) in [7, 11) is 0. The zero-order valence-corrected chi connectivity index (χ0v) is 17.7. The van der Waals surface area contributed by atoms with Crippen LogP contribution in [0.25, 0.3) is 0 Å². The van der Waals surface area contributed by atoms with Gasteiger partial charge < -0.3 is 14.5 Å². The number of ether oxygens (including phenoxy) is 1. The average Bonchev–Trinajstić information content (AvgIpc) is 2.59. The van der Waals surface area contributed by atoms with Gasteiger partial charge >= 0.3 is 6.09 Å². The molecule has 0 N–H and O–H groups in total. The van der Waals surface area contributed by atoms with Crippen molar-refractivity contribution >= 4 is 27.9 Å². The predicted molar refractivity (Wildman–Crippen MR) is 106 cm³/mol. The Labute approximate surface area is 164 Å². The zero-order valence-electron chi connectivity index (χ0n) is 16.1. The first kappa shape index (κ1) is 20.7. The number of hydrogen-bond acceptors (Lipinski definition) is 3. The van der Waals surface area contributed by atoms with Crippen molar-refractivity contribution in [1.82, 2.24) is 9.80 Å². The Balaban J connectivity index is 1.89. The highest BCUT2D eigenvalue weighted by Gasteiger charge is 2.31. The standard InChI is InChI=1S/C20H29BrN2O3/c1-5-22(14-15-6-8-17(21)9-7-15)18(24)16-10-12-23(13-11-16)19(25)26-20(2,3)4/h6-9,16H,5,10-14H2,1-4H3. The minimum Gasteiger partial charge on any atom is -0.444 e. The number of likely N-dealkylation sites (tertiary alicyclic amines) is 1. The fourth-order valence-corrected chi connectivity index (χ4v) is 3.31. The van der Waals surface area contributed by atoms with Crippen molar-refractivity contribution in [2.24, 2.45) is 5.92 Å². The van der Waals surface area contributed by atoms with Gasteiger partial charge in [0.15, 0.2) is 0 Å². The normalized spacial score (nSPS) is 15.7. The molecule has 1 aromatic carbocycles. The van der Waals surface area contributed by atoms with Gasteiger partial charge in [0.2, 0.25) is 5.91 Å². The molecular formula is C20H29BrN2O3. The molecule has 1 saturated heterocycles. The Morgan fingerprint density at radius 3 is 2.27 bits per heavy atom. The SMILES string of the molecule is CCN(Cc1ccc(Br)cc1)C(=O)C1CCN(C(=O)OC(C)(C)C)CC1. The molecule has 1 fully saturated rings. The molecule has 26 heavy (non-hydrogen) atoms. The molecule has 0 atom stereocenters. The lowest BCUT2D eigenvalue weighted by Gasteiger charge is -2.35. The Bertz CT molecular complexity index is 617. The number of piperidine rings is 1. The summed E-state index contributed by atoms with van der Waals surface area (Å²) in [6.07, 6.45) is 1.09. The number of hydrogen-bond donors (Lipinski definition) is 0. The van der Waals surface area contributed by atoms with Crippen LogP contribution < -0.4 is 0 Å². The molecule has 0 bridgehead atoms. The number of amides is 2. The summed E-state index contributed by atoms with van der Waals surface area (Å²) in [5.74, 6) is 0.156. The molecule has 0 radical (unpaired) electrons. The van der Waals surface area contributed by atoms with E-state index in [0.29, 0.717) is 39.0 Å². The number of nitrogens with zero attached hydrogens (tertiary/aromatic N) is 2. The summed E-state index contributed by atoms with van der Waals surface area (Å²) in [5.41, 5.74) is 0.627. The van der Waals surface area contributed by atoms with Gasteiger partial charge in [-0.1, -0.05) is 28.1 Å². The first-order valence-corrected chi connectivity index (χ1v) is 10.00. The first-order chi connectivity index (χ1) is 12.2. The van der Waals surface area contributed by atoms with E-state index in [9.17, 15) is 9.59 Å². The number of carbonyl (C=O) groups excluding carboxylic acids is 2. The molecule has 2 rings (SSSR count). The number of benzene rings is 1. The molecule has 6 heteroatoms. The minimum atomic E-state index is -0.493. The van der Waals surface area contributed by atoms with Crippen LogP contribution in [0.15, 0.2) is 28.7 Å². The summed E-state index contributed by atoms with van der Waals surface area (Å²) in [5, 5.41) is 0. The van der Waals surface area contributed by atoms with E-state index in [2.05, 4.69) is 15.9 Å². The van der Waals surface area contributed by atoms with E-state index in [1.165, 1.54) is 0 Å². The number of rotatable bonds is 4. The summed E-state index contributed by atoms with van der Waals surface area (Å²) in [6, 6.07) is 8.05. The van der Waals surface area contributed by atoms with Gasteiger partial charge in [-0.05, 0) is 58.2 Å². The number of halogens is 1. The second-order valence-electron chi connectivity index (χ2n) is 7.72. The molecular weight excluding hydrogens is 396 g/mol. The third kappa shape index (κ3) is 6.01. The Morgan fingerprint density at radius 1 is 1.19 bits per heavy atom. The summed E-state index contributed by atoms with van der Waals surface area (Å²) >= 11 is 3.43. The van der Waals surface area contributed by atoms with E-state index in [4.69, 9.17) is 4.74 Å². The van der Waals surface area contributed by atoms with Crippen molar-refractivity contribution in [3.05, 3.63) is 34.3 Å². The monoisotopic (exact) mass is 424 g/mol. The highest BCUT2D eigenvalue weighted by molar-refractivity contribution is 9.10. The van der Waals surface area contributed by atoms with Gasteiger partial charge in [-0.25, -0.2) is 4.79 Å². The smallest absolute Gasteiger partial charge is 0.410 e. The molecule has 0 aliphatic carbocycles. The largest absolute Gasteiger partial charge is 0.444 e. The Kier molecular flexibility index (Phi) is 7.09. The van der Waals surface area contributed by atoms with Crippen LogP contribution in [0.2, 0.25) is 0 Å².